The highest BCUT2D eigenvalue weighted by Gasteiger charge is 2.22. The highest BCUT2D eigenvalue weighted by Crippen LogP contribution is 2.13. The molecule has 2 rings (SSSR count). The Morgan fingerprint density at radius 3 is 2.75 bits per heavy atom. The minimum absolute atomic E-state index is 0.0758. The molecule has 0 aliphatic heterocycles. The van der Waals surface area contributed by atoms with E-state index >= 15 is 0 Å². The van der Waals surface area contributed by atoms with Gasteiger partial charge in [0, 0.05) is 13.1 Å². The van der Waals surface area contributed by atoms with E-state index in [9.17, 15) is 8.42 Å². The Kier molecular flexibility index (Phi) is 2.50. The molecular formula is C8H10N4O3S. The van der Waals surface area contributed by atoms with Gasteiger partial charge in [0.1, 0.15) is 17.8 Å². The maximum atomic E-state index is 11.9. The fraction of sp³-hybridized carbons (Fsp3) is 0.375. The standard InChI is InChI=1S/C8H10N4O3S/c1-6-3-7(11-15-6)4-16(13,14)8-10-9-5-12(8)2/h3,5H,4H2,1-2H3. The molecule has 0 amide bonds. The Hall–Kier alpha value is -1.70. The molecule has 0 unspecified atom stereocenters. The van der Waals surface area contributed by atoms with Crippen LogP contribution >= 0.6 is 0 Å². The van der Waals surface area contributed by atoms with Crippen LogP contribution < -0.4 is 0 Å². The quantitative estimate of drug-likeness (QED) is 0.757. The van der Waals surface area contributed by atoms with Gasteiger partial charge in [0.25, 0.3) is 0 Å². The molecule has 16 heavy (non-hydrogen) atoms. The number of hydrogen-bond donors (Lipinski definition) is 0. The van der Waals surface area contributed by atoms with E-state index in [-0.39, 0.29) is 10.9 Å². The van der Waals surface area contributed by atoms with E-state index < -0.39 is 9.84 Å². The van der Waals surface area contributed by atoms with Gasteiger partial charge in [-0.2, -0.15) is 0 Å². The fourth-order valence-electron chi connectivity index (χ4n) is 1.30. The molecule has 0 spiro atoms. The number of nitrogens with zero attached hydrogens (tertiary/aromatic N) is 4. The summed E-state index contributed by atoms with van der Waals surface area (Å²) < 4.78 is 29.9. The lowest BCUT2D eigenvalue weighted by Gasteiger charge is -1.99. The van der Waals surface area contributed by atoms with Crippen LogP contribution in [0.4, 0.5) is 0 Å². The van der Waals surface area contributed by atoms with Gasteiger partial charge in [0.05, 0.1) is 5.69 Å². The first-order valence-corrected chi connectivity index (χ1v) is 6.13. The van der Waals surface area contributed by atoms with Crippen molar-refractivity contribution in [2.75, 3.05) is 0 Å². The molecule has 0 bridgehead atoms. The SMILES string of the molecule is Cc1cc(CS(=O)(=O)c2nncn2C)no1. The van der Waals surface area contributed by atoms with Gasteiger partial charge in [-0.15, -0.1) is 10.2 Å². The summed E-state index contributed by atoms with van der Waals surface area (Å²) >= 11 is 0. The van der Waals surface area contributed by atoms with Crippen LogP contribution in [-0.2, 0) is 22.6 Å². The van der Waals surface area contributed by atoms with Crippen molar-refractivity contribution in [3.8, 4) is 0 Å². The third-order valence-corrected chi connectivity index (χ3v) is 3.56. The minimum Gasteiger partial charge on any atom is -0.361 e. The van der Waals surface area contributed by atoms with E-state index in [0.29, 0.717) is 11.5 Å². The largest absolute Gasteiger partial charge is 0.361 e. The van der Waals surface area contributed by atoms with E-state index in [1.165, 1.54) is 10.9 Å². The number of rotatable bonds is 3. The van der Waals surface area contributed by atoms with Crippen LogP contribution in [0.5, 0.6) is 0 Å². The molecule has 2 aromatic rings. The summed E-state index contributed by atoms with van der Waals surface area (Å²) in [6, 6.07) is 1.58. The number of sulfone groups is 1. The zero-order chi connectivity index (χ0) is 11.8. The Morgan fingerprint density at radius 1 is 1.50 bits per heavy atom. The summed E-state index contributed by atoms with van der Waals surface area (Å²) in [5, 5.41) is 10.6. The van der Waals surface area contributed by atoms with E-state index in [0.717, 1.165) is 0 Å². The van der Waals surface area contributed by atoms with Gasteiger partial charge in [-0.05, 0) is 6.92 Å². The average molecular weight is 242 g/mol. The van der Waals surface area contributed by atoms with Crippen molar-refractivity contribution >= 4 is 9.84 Å². The third kappa shape index (κ3) is 1.96. The molecular weight excluding hydrogens is 232 g/mol. The lowest BCUT2D eigenvalue weighted by atomic mass is 10.4. The predicted octanol–water partition coefficient (Wildman–Crippen LogP) is 0.0854. The van der Waals surface area contributed by atoms with Crippen molar-refractivity contribution < 1.29 is 12.9 Å². The second-order valence-corrected chi connectivity index (χ2v) is 5.30. The highest BCUT2D eigenvalue weighted by atomic mass is 32.2. The summed E-state index contributed by atoms with van der Waals surface area (Å²) in [5.41, 5.74) is 0.362. The molecule has 2 heterocycles. The number of aromatic nitrogens is 4. The van der Waals surface area contributed by atoms with Crippen LogP contribution in [0.2, 0.25) is 0 Å². The van der Waals surface area contributed by atoms with Crippen LogP contribution in [0.25, 0.3) is 0 Å². The van der Waals surface area contributed by atoms with Crippen molar-refractivity contribution in [2.45, 2.75) is 17.8 Å². The Bertz CT molecular complexity index is 598. The average Bonchev–Trinajstić information content (AvgIpc) is 2.74. The zero-order valence-electron chi connectivity index (χ0n) is 8.78. The molecule has 8 heteroatoms. The first kappa shape index (κ1) is 10.8. The first-order chi connectivity index (χ1) is 7.49. The van der Waals surface area contributed by atoms with Crippen molar-refractivity contribution in [1.29, 1.82) is 0 Å². The zero-order valence-corrected chi connectivity index (χ0v) is 9.60. The minimum atomic E-state index is -3.52. The topological polar surface area (TPSA) is 90.9 Å². The molecule has 86 valence electrons. The number of aryl methyl sites for hydroxylation is 2. The van der Waals surface area contributed by atoms with Crippen molar-refractivity contribution in [1.82, 2.24) is 19.9 Å². The van der Waals surface area contributed by atoms with Crippen LogP contribution in [0.15, 0.2) is 22.1 Å². The molecule has 0 aliphatic carbocycles. The molecule has 0 N–H and O–H groups in total. The van der Waals surface area contributed by atoms with Crippen LogP contribution in [0.3, 0.4) is 0 Å². The summed E-state index contributed by atoms with van der Waals surface area (Å²) in [6.07, 6.45) is 1.33. The lowest BCUT2D eigenvalue weighted by molar-refractivity contribution is 0.392. The third-order valence-electron chi connectivity index (χ3n) is 1.96. The molecule has 0 saturated carbocycles. The van der Waals surface area contributed by atoms with Crippen LogP contribution in [0, 0.1) is 6.92 Å². The molecule has 7 nitrogen and oxygen atoms in total. The highest BCUT2D eigenvalue weighted by molar-refractivity contribution is 7.90. The predicted molar refractivity (Wildman–Crippen MR) is 53.1 cm³/mol. The molecule has 0 aliphatic rings. The summed E-state index contributed by atoms with van der Waals surface area (Å²) in [4.78, 5) is 0. The van der Waals surface area contributed by atoms with Crippen LogP contribution in [0.1, 0.15) is 11.5 Å². The smallest absolute Gasteiger partial charge is 0.249 e. The second kappa shape index (κ2) is 3.71. The monoisotopic (exact) mass is 242 g/mol. The molecule has 0 fully saturated rings. The maximum Gasteiger partial charge on any atom is 0.249 e. The van der Waals surface area contributed by atoms with Crippen molar-refractivity contribution in [3.63, 3.8) is 0 Å². The Morgan fingerprint density at radius 2 is 2.25 bits per heavy atom. The molecule has 0 saturated heterocycles. The summed E-state index contributed by atoms with van der Waals surface area (Å²) in [6.45, 7) is 1.70. The van der Waals surface area contributed by atoms with Crippen molar-refractivity contribution in [2.24, 2.45) is 7.05 Å². The Balaban J connectivity index is 2.31. The van der Waals surface area contributed by atoms with Crippen LogP contribution in [-0.4, -0.2) is 28.3 Å². The van der Waals surface area contributed by atoms with Gasteiger partial charge >= 0.3 is 0 Å². The second-order valence-electron chi connectivity index (χ2n) is 3.41. The van der Waals surface area contributed by atoms with Gasteiger partial charge in [0.2, 0.25) is 15.0 Å². The van der Waals surface area contributed by atoms with E-state index in [1.54, 1.807) is 20.0 Å². The van der Waals surface area contributed by atoms with Gasteiger partial charge < -0.3 is 9.09 Å². The number of hydrogen-bond acceptors (Lipinski definition) is 6. The van der Waals surface area contributed by atoms with E-state index in [1.807, 2.05) is 0 Å². The van der Waals surface area contributed by atoms with Crippen molar-refractivity contribution in [3.05, 3.63) is 23.8 Å². The molecule has 2 aromatic heterocycles. The first-order valence-electron chi connectivity index (χ1n) is 4.48. The van der Waals surface area contributed by atoms with Gasteiger partial charge in [-0.3, -0.25) is 0 Å². The maximum absolute atomic E-state index is 11.9. The molecule has 0 atom stereocenters. The normalized spacial score (nSPS) is 11.9. The van der Waals surface area contributed by atoms with E-state index in [2.05, 4.69) is 15.4 Å². The van der Waals surface area contributed by atoms with Gasteiger partial charge in [-0.1, -0.05) is 5.16 Å². The Labute approximate surface area is 92.0 Å². The lowest BCUT2D eigenvalue weighted by Crippen LogP contribution is -2.11. The van der Waals surface area contributed by atoms with Gasteiger partial charge in [0.15, 0.2) is 0 Å². The van der Waals surface area contributed by atoms with E-state index in [4.69, 9.17) is 4.52 Å². The summed E-state index contributed by atoms with van der Waals surface area (Å²) in [5.74, 6) is 0.333. The van der Waals surface area contributed by atoms with Gasteiger partial charge in [-0.25, -0.2) is 8.42 Å². The molecule has 0 radical (unpaired) electrons. The molecule has 0 aromatic carbocycles. The summed E-state index contributed by atoms with van der Waals surface area (Å²) in [7, 11) is -1.95. The fourth-order valence-corrected chi connectivity index (χ4v) is 2.61.